The fourth-order valence-electron chi connectivity index (χ4n) is 2.68. The molecular formula is C13H16ClNO. The highest BCUT2D eigenvalue weighted by Gasteiger charge is 2.24. The third-order valence-corrected chi connectivity index (χ3v) is 3.65. The number of nitrogens with one attached hydrogen (secondary N) is 1. The van der Waals surface area contributed by atoms with E-state index in [2.05, 4.69) is 17.4 Å². The van der Waals surface area contributed by atoms with Crippen molar-refractivity contribution >= 4 is 11.6 Å². The molecule has 2 heterocycles. The first-order valence-electron chi connectivity index (χ1n) is 6.03. The van der Waals surface area contributed by atoms with Crippen LogP contribution in [0.25, 0.3) is 0 Å². The molecule has 1 aromatic rings. The Kier molecular flexibility index (Phi) is 2.78. The minimum absolute atomic E-state index is 0.436. The van der Waals surface area contributed by atoms with Crippen molar-refractivity contribution in [3.8, 4) is 5.75 Å². The Labute approximate surface area is 101 Å². The second-order valence-electron chi connectivity index (χ2n) is 4.58. The van der Waals surface area contributed by atoms with Gasteiger partial charge in [0.25, 0.3) is 0 Å². The zero-order chi connectivity index (χ0) is 11.0. The van der Waals surface area contributed by atoms with Crippen LogP contribution in [0.3, 0.4) is 0 Å². The van der Waals surface area contributed by atoms with Crippen LogP contribution in [0, 0.1) is 0 Å². The van der Waals surface area contributed by atoms with Crippen molar-refractivity contribution < 1.29 is 4.74 Å². The predicted octanol–water partition coefficient (Wildman–Crippen LogP) is 3.09. The molecule has 86 valence electrons. The van der Waals surface area contributed by atoms with Crippen LogP contribution in [0.5, 0.6) is 5.75 Å². The highest BCUT2D eigenvalue weighted by molar-refractivity contribution is 6.30. The van der Waals surface area contributed by atoms with E-state index >= 15 is 0 Å². The van der Waals surface area contributed by atoms with Gasteiger partial charge in [0.1, 0.15) is 5.75 Å². The second-order valence-corrected chi connectivity index (χ2v) is 5.02. The van der Waals surface area contributed by atoms with Gasteiger partial charge in [-0.05, 0) is 49.9 Å². The van der Waals surface area contributed by atoms with Gasteiger partial charge in [-0.15, -0.1) is 0 Å². The van der Waals surface area contributed by atoms with Crippen LogP contribution >= 0.6 is 11.6 Å². The van der Waals surface area contributed by atoms with Crippen LogP contribution in [0.15, 0.2) is 12.1 Å². The maximum absolute atomic E-state index is 6.18. The van der Waals surface area contributed by atoms with Crippen molar-refractivity contribution in [1.29, 1.82) is 0 Å². The summed E-state index contributed by atoms with van der Waals surface area (Å²) in [5.74, 6) is 1.09. The van der Waals surface area contributed by atoms with Crippen LogP contribution in [0.1, 0.15) is 36.4 Å². The van der Waals surface area contributed by atoms with E-state index in [4.69, 9.17) is 16.3 Å². The molecule has 0 radical (unpaired) electrons. The van der Waals surface area contributed by atoms with E-state index in [0.29, 0.717) is 6.04 Å². The Bertz CT molecular complexity index is 399. The molecule has 3 rings (SSSR count). The van der Waals surface area contributed by atoms with Gasteiger partial charge < -0.3 is 10.1 Å². The molecule has 2 aliphatic rings. The summed E-state index contributed by atoms with van der Waals surface area (Å²) in [6.45, 7) is 1.94. The Hall–Kier alpha value is -0.730. The third-order valence-electron chi connectivity index (χ3n) is 3.43. The first-order valence-corrected chi connectivity index (χ1v) is 6.41. The molecule has 1 atom stereocenters. The number of rotatable bonds is 1. The van der Waals surface area contributed by atoms with E-state index in [9.17, 15) is 0 Å². The number of aryl methyl sites for hydroxylation is 1. The monoisotopic (exact) mass is 237 g/mol. The number of ether oxygens (including phenoxy) is 1. The van der Waals surface area contributed by atoms with Crippen LogP contribution in [-0.2, 0) is 6.42 Å². The summed E-state index contributed by atoms with van der Waals surface area (Å²) in [5, 5.41) is 4.35. The first kappa shape index (κ1) is 10.4. The van der Waals surface area contributed by atoms with Gasteiger partial charge in [0, 0.05) is 16.6 Å². The number of hydrogen-bond donors (Lipinski definition) is 1. The van der Waals surface area contributed by atoms with E-state index < -0.39 is 0 Å². The topological polar surface area (TPSA) is 21.3 Å². The minimum atomic E-state index is 0.436. The van der Waals surface area contributed by atoms with Crippen molar-refractivity contribution in [1.82, 2.24) is 5.32 Å². The van der Waals surface area contributed by atoms with Crippen molar-refractivity contribution in [2.24, 2.45) is 0 Å². The Balaban J connectivity index is 2.04. The second kappa shape index (κ2) is 4.27. The van der Waals surface area contributed by atoms with Crippen LogP contribution in [-0.4, -0.2) is 13.2 Å². The molecule has 0 bridgehead atoms. The zero-order valence-corrected chi connectivity index (χ0v) is 10.0. The number of hydrogen-bond acceptors (Lipinski definition) is 2. The number of halogens is 1. The lowest BCUT2D eigenvalue weighted by Crippen LogP contribution is -2.17. The lowest BCUT2D eigenvalue weighted by Gasteiger charge is -2.23. The quantitative estimate of drug-likeness (QED) is 0.811. The van der Waals surface area contributed by atoms with E-state index in [1.807, 2.05) is 0 Å². The van der Waals surface area contributed by atoms with E-state index in [-0.39, 0.29) is 0 Å². The summed E-state index contributed by atoms with van der Waals surface area (Å²) in [6.07, 6.45) is 4.63. The van der Waals surface area contributed by atoms with E-state index in [1.54, 1.807) is 0 Å². The maximum Gasteiger partial charge on any atom is 0.127 e. The van der Waals surface area contributed by atoms with Crippen molar-refractivity contribution in [2.45, 2.75) is 31.7 Å². The molecule has 1 N–H and O–H groups in total. The molecule has 2 aliphatic heterocycles. The standard InChI is InChI=1S/C13H16ClNO/c14-10-7-9-3-2-6-16-13(9)11(8-10)12-4-1-5-15-12/h7-8,12,15H,1-6H2/t12-/m0/s1. The first-order chi connectivity index (χ1) is 7.84. The van der Waals surface area contributed by atoms with Gasteiger partial charge in [-0.25, -0.2) is 0 Å². The Morgan fingerprint density at radius 1 is 1.31 bits per heavy atom. The fraction of sp³-hybridized carbons (Fsp3) is 0.538. The molecule has 2 nitrogen and oxygen atoms in total. The molecule has 0 aromatic heterocycles. The summed E-state index contributed by atoms with van der Waals surface area (Å²) >= 11 is 6.18. The third kappa shape index (κ3) is 1.80. The smallest absolute Gasteiger partial charge is 0.127 e. The lowest BCUT2D eigenvalue weighted by molar-refractivity contribution is 0.282. The molecule has 0 unspecified atom stereocenters. The molecule has 16 heavy (non-hydrogen) atoms. The average Bonchev–Trinajstić information content (AvgIpc) is 2.81. The molecule has 0 aliphatic carbocycles. The molecule has 0 spiro atoms. The molecule has 0 saturated carbocycles. The highest BCUT2D eigenvalue weighted by atomic mass is 35.5. The molecule has 1 aromatic carbocycles. The predicted molar refractivity (Wildman–Crippen MR) is 65.2 cm³/mol. The van der Waals surface area contributed by atoms with Crippen LogP contribution < -0.4 is 10.1 Å². The summed E-state index contributed by atoms with van der Waals surface area (Å²) in [5.41, 5.74) is 2.54. The molecule has 1 fully saturated rings. The van der Waals surface area contributed by atoms with Crippen molar-refractivity contribution in [3.05, 3.63) is 28.3 Å². The van der Waals surface area contributed by atoms with Crippen LogP contribution in [0.2, 0.25) is 5.02 Å². The Morgan fingerprint density at radius 3 is 3.06 bits per heavy atom. The summed E-state index contributed by atoms with van der Waals surface area (Å²) in [7, 11) is 0. The SMILES string of the molecule is Clc1cc2c(c([C@@H]3CCCN3)c1)OCCC2. The van der Waals surface area contributed by atoms with Gasteiger partial charge >= 0.3 is 0 Å². The van der Waals surface area contributed by atoms with Gasteiger partial charge in [-0.2, -0.15) is 0 Å². The summed E-state index contributed by atoms with van der Waals surface area (Å²) in [6, 6.07) is 4.55. The van der Waals surface area contributed by atoms with Gasteiger partial charge in [0.05, 0.1) is 6.61 Å². The minimum Gasteiger partial charge on any atom is -0.493 e. The van der Waals surface area contributed by atoms with Gasteiger partial charge in [0.15, 0.2) is 0 Å². The van der Waals surface area contributed by atoms with Gasteiger partial charge in [0.2, 0.25) is 0 Å². The number of fused-ring (bicyclic) bond motifs is 1. The Morgan fingerprint density at radius 2 is 2.25 bits per heavy atom. The molecule has 1 saturated heterocycles. The van der Waals surface area contributed by atoms with Gasteiger partial charge in [-0.1, -0.05) is 11.6 Å². The highest BCUT2D eigenvalue weighted by Crippen LogP contribution is 2.38. The van der Waals surface area contributed by atoms with Gasteiger partial charge in [-0.3, -0.25) is 0 Å². The molecule has 3 heteroatoms. The van der Waals surface area contributed by atoms with E-state index in [0.717, 1.165) is 36.8 Å². The molecule has 0 amide bonds. The van der Waals surface area contributed by atoms with Crippen LogP contribution in [0.4, 0.5) is 0 Å². The van der Waals surface area contributed by atoms with Crippen molar-refractivity contribution in [2.75, 3.05) is 13.2 Å². The van der Waals surface area contributed by atoms with E-state index in [1.165, 1.54) is 24.0 Å². The van der Waals surface area contributed by atoms with Crippen molar-refractivity contribution in [3.63, 3.8) is 0 Å². The maximum atomic E-state index is 6.18. The fourth-order valence-corrected chi connectivity index (χ4v) is 2.93. The largest absolute Gasteiger partial charge is 0.493 e. The summed E-state index contributed by atoms with van der Waals surface area (Å²) < 4.78 is 5.82. The number of benzene rings is 1. The average molecular weight is 238 g/mol. The zero-order valence-electron chi connectivity index (χ0n) is 9.26. The summed E-state index contributed by atoms with van der Waals surface area (Å²) in [4.78, 5) is 0. The molecular weight excluding hydrogens is 222 g/mol. The normalized spacial score (nSPS) is 23.9. The lowest BCUT2D eigenvalue weighted by atomic mass is 9.97.